The largest absolute Gasteiger partial charge is 0.497 e. The zero-order valence-electron chi connectivity index (χ0n) is 14.7. The maximum absolute atomic E-state index is 13.0. The average Bonchev–Trinajstić information content (AvgIpc) is 2.85. The van der Waals surface area contributed by atoms with Gasteiger partial charge in [-0.1, -0.05) is 30.3 Å². The zero-order valence-corrected chi connectivity index (χ0v) is 14.7. The zero-order chi connectivity index (χ0) is 17.4. The molecule has 0 atom stereocenters. The Labute approximate surface area is 147 Å². The molecule has 2 heterocycles. The summed E-state index contributed by atoms with van der Waals surface area (Å²) >= 11 is 0. The molecule has 0 N–H and O–H groups in total. The van der Waals surface area contributed by atoms with E-state index in [-0.39, 0.29) is 5.91 Å². The predicted molar refractivity (Wildman–Crippen MR) is 99.3 cm³/mol. The first-order valence-corrected chi connectivity index (χ1v) is 8.67. The van der Waals surface area contributed by atoms with Crippen molar-refractivity contribution in [2.75, 3.05) is 20.7 Å². The van der Waals surface area contributed by atoms with E-state index in [2.05, 4.69) is 28.8 Å². The van der Waals surface area contributed by atoms with Crippen LogP contribution in [0, 0.1) is 0 Å². The smallest absolute Gasteiger partial charge is 0.270 e. The van der Waals surface area contributed by atoms with Crippen LogP contribution >= 0.6 is 0 Å². The Bertz CT molecular complexity index is 928. The third-order valence-electron chi connectivity index (χ3n) is 5.03. The Hall–Kier alpha value is -2.75. The van der Waals surface area contributed by atoms with Crippen molar-refractivity contribution in [2.45, 2.75) is 19.4 Å². The molecule has 0 radical (unpaired) electrons. The van der Waals surface area contributed by atoms with Gasteiger partial charge in [-0.15, -0.1) is 0 Å². The number of hydrogen-bond donors (Lipinski definition) is 0. The molecule has 4 rings (SSSR count). The van der Waals surface area contributed by atoms with Crippen LogP contribution < -0.4 is 4.74 Å². The molecular formula is C21H22N2O2. The number of aryl methyl sites for hydroxylation is 1. The van der Waals surface area contributed by atoms with Gasteiger partial charge in [-0.3, -0.25) is 4.79 Å². The number of nitrogens with zero attached hydrogens (tertiary/aromatic N) is 2. The van der Waals surface area contributed by atoms with Crippen LogP contribution in [0.15, 0.2) is 48.5 Å². The number of benzene rings is 2. The van der Waals surface area contributed by atoms with Crippen LogP contribution in [0.5, 0.6) is 5.75 Å². The molecule has 25 heavy (non-hydrogen) atoms. The number of carbonyl (C=O) groups is 1. The lowest BCUT2D eigenvalue weighted by atomic mass is 10.1. The number of methoxy groups -OCH3 is 1. The van der Waals surface area contributed by atoms with E-state index in [9.17, 15) is 4.79 Å². The van der Waals surface area contributed by atoms with E-state index in [1.54, 1.807) is 7.11 Å². The first kappa shape index (κ1) is 15.8. The van der Waals surface area contributed by atoms with E-state index in [1.807, 2.05) is 36.2 Å². The minimum absolute atomic E-state index is 0.110. The lowest BCUT2D eigenvalue weighted by Gasteiger charge is -2.17. The van der Waals surface area contributed by atoms with Crippen LogP contribution in [-0.2, 0) is 13.0 Å². The summed E-state index contributed by atoms with van der Waals surface area (Å²) < 4.78 is 7.59. The predicted octanol–water partition coefficient (Wildman–Crippen LogP) is 3.72. The third-order valence-corrected chi connectivity index (χ3v) is 5.03. The number of amides is 1. The van der Waals surface area contributed by atoms with Crippen molar-refractivity contribution in [3.8, 4) is 5.75 Å². The van der Waals surface area contributed by atoms with Gasteiger partial charge in [-0.2, -0.15) is 0 Å². The molecular weight excluding hydrogens is 312 g/mol. The van der Waals surface area contributed by atoms with Crippen molar-refractivity contribution in [2.24, 2.45) is 0 Å². The number of hydrogen-bond acceptors (Lipinski definition) is 2. The second-order valence-corrected chi connectivity index (χ2v) is 6.61. The summed E-state index contributed by atoms with van der Waals surface area (Å²) in [6, 6.07) is 16.4. The summed E-state index contributed by atoms with van der Waals surface area (Å²) in [5, 5.41) is 1.13. The first-order chi connectivity index (χ1) is 12.2. The van der Waals surface area contributed by atoms with Crippen LogP contribution in [0.3, 0.4) is 0 Å². The van der Waals surface area contributed by atoms with Crippen molar-refractivity contribution < 1.29 is 9.53 Å². The van der Waals surface area contributed by atoms with E-state index < -0.39 is 0 Å². The molecule has 0 bridgehead atoms. The van der Waals surface area contributed by atoms with Gasteiger partial charge in [-0.25, -0.2) is 0 Å². The molecule has 0 aliphatic carbocycles. The molecule has 0 fully saturated rings. The van der Waals surface area contributed by atoms with Gasteiger partial charge < -0.3 is 14.2 Å². The molecule has 0 saturated carbocycles. The molecule has 128 valence electrons. The summed E-state index contributed by atoms with van der Waals surface area (Å²) in [4.78, 5) is 14.9. The summed E-state index contributed by atoms with van der Waals surface area (Å²) in [7, 11) is 3.57. The number of aromatic nitrogens is 1. The van der Waals surface area contributed by atoms with Crippen LogP contribution in [-0.4, -0.2) is 36.1 Å². The summed E-state index contributed by atoms with van der Waals surface area (Å²) in [5.41, 5.74) is 4.27. The highest BCUT2D eigenvalue weighted by molar-refractivity contribution is 6.02. The van der Waals surface area contributed by atoms with Crippen LogP contribution in [0.2, 0.25) is 0 Å². The van der Waals surface area contributed by atoms with E-state index in [0.29, 0.717) is 6.54 Å². The molecule has 1 aliphatic rings. The van der Waals surface area contributed by atoms with E-state index in [4.69, 9.17) is 4.74 Å². The molecule has 3 aromatic rings. The van der Waals surface area contributed by atoms with E-state index in [1.165, 1.54) is 5.56 Å². The Morgan fingerprint density at radius 3 is 2.68 bits per heavy atom. The molecule has 0 spiro atoms. The van der Waals surface area contributed by atoms with Gasteiger partial charge in [0.05, 0.1) is 7.11 Å². The highest BCUT2D eigenvalue weighted by Crippen LogP contribution is 2.33. The Balaban J connectivity index is 1.96. The summed E-state index contributed by atoms with van der Waals surface area (Å²) in [5.74, 6) is 0.941. The number of fused-ring (bicyclic) bond motifs is 3. The highest BCUT2D eigenvalue weighted by Gasteiger charge is 2.27. The average molecular weight is 334 g/mol. The van der Waals surface area contributed by atoms with Gasteiger partial charge in [0.25, 0.3) is 5.91 Å². The molecule has 1 aliphatic heterocycles. The fraction of sp³-hybridized carbons (Fsp3) is 0.286. The van der Waals surface area contributed by atoms with Crippen LogP contribution in [0.4, 0.5) is 0 Å². The number of ether oxygens (including phenoxy) is 1. The maximum Gasteiger partial charge on any atom is 0.270 e. The summed E-state index contributed by atoms with van der Waals surface area (Å²) in [6.45, 7) is 1.49. The Morgan fingerprint density at radius 2 is 1.92 bits per heavy atom. The van der Waals surface area contributed by atoms with Crippen molar-refractivity contribution in [1.29, 1.82) is 0 Å². The van der Waals surface area contributed by atoms with Gasteiger partial charge in [0.15, 0.2) is 0 Å². The van der Waals surface area contributed by atoms with Gasteiger partial charge in [-0.05, 0) is 42.2 Å². The second-order valence-electron chi connectivity index (χ2n) is 6.61. The molecule has 2 aromatic carbocycles. The highest BCUT2D eigenvalue weighted by atomic mass is 16.5. The normalized spacial score (nSPS) is 14.5. The van der Waals surface area contributed by atoms with Crippen molar-refractivity contribution in [1.82, 2.24) is 9.47 Å². The van der Waals surface area contributed by atoms with Crippen molar-refractivity contribution >= 4 is 16.8 Å². The van der Waals surface area contributed by atoms with Crippen LogP contribution in [0.1, 0.15) is 28.0 Å². The number of rotatable bonds is 3. The maximum atomic E-state index is 13.0. The fourth-order valence-electron chi connectivity index (χ4n) is 3.73. The monoisotopic (exact) mass is 334 g/mol. The molecule has 4 heteroatoms. The molecule has 0 unspecified atom stereocenters. The minimum Gasteiger partial charge on any atom is -0.497 e. The van der Waals surface area contributed by atoms with Crippen LogP contribution in [0.25, 0.3) is 10.9 Å². The van der Waals surface area contributed by atoms with Gasteiger partial charge >= 0.3 is 0 Å². The van der Waals surface area contributed by atoms with E-state index in [0.717, 1.165) is 47.3 Å². The molecule has 1 aromatic heterocycles. The number of carbonyl (C=O) groups excluding carboxylic acids is 1. The Morgan fingerprint density at radius 1 is 1.12 bits per heavy atom. The molecule has 1 amide bonds. The van der Waals surface area contributed by atoms with Gasteiger partial charge in [0.1, 0.15) is 11.4 Å². The standard InChI is InChI=1S/C21H22N2O2/c1-22-12-6-9-17-18-13-16(25-2)10-11-19(18)23(20(17)21(22)24)14-15-7-4-3-5-8-15/h3-5,7-8,10-11,13H,6,9,12,14H2,1-2H3. The van der Waals surface area contributed by atoms with Crippen molar-refractivity contribution in [3.63, 3.8) is 0 Å². The molecule has 4 nitrogen and oxygen atoms in total. The quantitative estimate of drug-likeness (QED) is 0.732. The van der Waals surface area contributed by atoms with Crippen molar-refractivity contribution in [3.05, 3.63) is 65.4 Å². The summed E-state index contributed by atoms with van der Waals surface area (Å²) in [6.07, 6.45) is 1.90. The van der Waals surface area contributed by atoms with Gasteiger partial charge in [0, 0.05) is 31.0 Å². The SMILES string of the molecule is COc1ccc2c(c1)c1c(n2Cc2ccccc2)C(=O)N(C)CCC1. The third kappa shape index (κ3) is 2.68. The second kappa shape index (κ2) is 6.28. The molecule has 0 saturated heterocycles. The minimum atomic E-state index is 0.110. The van der Waals surface area contributed by atoms with Gasteiger partial charge in [0.2, 0.25) is 0 Å². The fourth-order valence-corrected chi connectivity index (χ4v) is 3.73. The Kier molecular flexibility index (Phi) is 3.96. The van der Waals surface area contributed by atoms with E-state index >= 15 is 0 Å². The topological polar surface area (TPSA) is 34.5 Å². The lowest BCUT2D eigenvalue weighted by molar-refractivity contribution is 0.0790. The lowest BCUT2D eigenvalue weighted by Crippen LogP contribution is -2.28. The first-order valence-electron chi connectivity index (χ1n) is 8.67.